The van der Waals surface area contributed by atoms with Crippen molar-refractivity contribution in [3.05, 3.63) is 57.4 Å². The van der Waals surface area contributed by atoms with Crippen molar-refractivity contribution in [2.24, 2.45) is 5.41 Å². The first-order valence-electron chi connectivity index (χ1n) is 15.1. The summed E-state index contributed by atoms with van der Waals surface area (Å²) in [6.45, 7) is 20.6. The number of nitrogens with zero attached hydrogens (tertiary/aromatic N) is 2. The number of aromatic nitrogens is 2. The number of hydrogen-bond acceptors (Lipinski definition) is 5. The molecule has 0 radical (unpaired) electrons. The standard InChI is InChI=1S/C32H43F4IN2O3Si/c1-17(2)26-24-25(23-20(39-26)13-30(6,7)14-21(23)42-43(8,9)29(3,4)5)31(10-11-40-16-22(31)37)41-28(24)27-19(33)12-18(15-38-27)32(34,35)36/h12,15,17,21-22,28H,10-11,13-14,16H2,1-9H3. The largest absolute Gasteiger partial charge is 0.417 e. The fraction of sp³-hybridized carbons (Fsp3) is 0.688. The van der Waals surface area contributed by atoms with E-state index in [0.717, 1.165) is 40.9 Å². The maximum atomic E-state index is 15.7. The Morgan fingerprint density at radius 1 is 1.14 bits per heavy atom. The van der Waals surface area contributed by atoms with Crippen molar-refractivity contribution < 1.29 is 31.5 Å². The van der Waals surface area contributed by atoms with E-state index in [1.165, 1.54) is 0 Å². The second-order valence-electron chi connectivity index (χ2n) is 15.0. The van der Waals surface area contributed by atoms with Gasteiger partial charge in [-0.15, -0.1) is 0 Å². The van der Waals surface area contributed by atoms with Gasteiger partial charge in [0, 0.05) is 47.3 Å². The van der Waals surface area contributed by atoms with Crippen molar-refractivity contribution in [2.75, 3.05) is 13.2 Å². The van der Waals surface area contributed by atoms with Gasteiger partial charge in [0.05, 0.1) is 22.2 Å². The lowest BCUT2D eigenvalue weighted by Crippen LogP contribution is -2.47. The predicted molar refractivity (Wildman–Crippen MR) is 168 cm³/mol. The van der Waals surface area contributed by atoms with Crippen molar-refractivity contribution >= 4 is 30.9 Å². The molecule has 3 aliphatic rings. The number of halogens is 5. The lowest BCUT2D eigenvalue weighted by Gasteiger charge is -2.47. The first kappa shape index (κ1) is 33.2. The van der Waals surface area contributed by atoms with E-state index in [9.17, 15) is 13.2 Å². The molecule has 4 atom stereocenters. The number of alkyl halides is 4. The van der Waals surface area contributed by atoms with Crippen LogP contribution in [-0.2, 0) is 32.1 Å². The molecule has 2 aromatic heterocycles. The summed E-state index contributed by atoms with van der Waals surface area (Å²) in [7, 11) is -2.26. The molecule has 0 amide bonds. The molecular formula is C32H43F4IN2O3Si. The molecule has 0 N–H and O–H groups in total. The first-order valence-corrected chi connectivity index (χ1v) is 19.2. The Hall–Kier alpha value is -1.15. The Morgan fingerprint density at radius 3 is 2.37 bits per heavy atom. The predicted octanol–water partition coefficient (Wildman–Crippen LogP) is 9.33. The minimum atomic E-state index is -4.71. The van der Waals surface area contributed by atoms with Crippen LogP contribution in [0.3, 0.4) is 0 Å². The maximum absolute atomic E-state index is 15.7. The molecule has 1 fully saturated rings. The van der Waals surface area contributed by atoms with Gasteiger partial charge < -0.3 is 13.9 Å². The molecule has 1 saturated heterocycles. The van der Waals surface area contributed by atoms with E-state index in [1.807, 2.05) is 13.8 Å². The number of pyridine rings is 2. The second kappa shape index (κ2) is 11.0. The van der Waals surface area contributed by atoms with Crippen LogP contribution in [-0.4, -0.2) is 35.4 Å². The van der Waals surface area contributed by atoms with Gasteiger partial charge >= 0.3 is 6.18 Å². The molecule has 5 nitrogen and oxygen atoms in total. The third-order valence-electron chi connectivity index (χ3n) is 9.72. The van der Waals surface area contributed by atoms with Gasteiger partial charge in [0.1, 0.15) is 23.2 Å². The summed E-state index contributed by atoms with van der Waals surface area (Å²) in [5, 5.41) is -0.0301. The zero-order valence-electron chi connectivity index (χ0n) is 26.5. The second-order valence-corrected chi connectivity index (χ2v) is 21.2. The minimum Gasteiger partial charge on any atom is -0.410 e. The highest BCUT2D eigenvalue weighted by Gasteiger charge is 2.57. The summed E-state index contributed by atoms with van der Waals surface area (Å²) in [6, 6.07) is 0.522. The Bertz CT molecular complexity index is 1410. The van der Waals surface area contributed by atoms with Gasteiger partial charge in [0.25, 0.3) is 0 Å². The summed E-state index contributed by atoms with van der Waals surface area (Å²) < 4.78 is 76.0. The molecule has 4 unspecified atom stereocenters. The summed E-state index contributed by atoms with van der Waals surface area (Å²) >= 11 is 2.36. The Kier molecular flexibility index (Phi) is 8.48. The molecule has 5 rings (SSSR count). The SMILES string of the molecule is CC(C)c1nc2c(c3c1C(c1ncc(C(F)(F)F)cc1F)OC31CCOCC1I)C(O[Si](C)(C)C(C)(C)C)CC(C)(C)C2. The Morgan fingerprint density at radius 2 is 1.81 bits per heavy atom. The molecule has 0 saturated carbocycles. The average Bonchev–Trinajstić information content (AvgIpc) is 3.18. The van der Waals surface area contributed by atoms with Crippen LogP contribution in [0.4, 0.5) is 17.6 Å². The van der Waals surface area contributed by atoms with E-state index in [0.29, 0.717) is 31.9 Å². The molecule has 0 aromatic carbocycles. The highest BCUT2D eigenvalue weighted by Crippen LogP contribution is 2.60. The smallest absolute Gasteiger partial charge is 0.410 e. The Labute approximate surface area is 267 Å². The van der Waals surface area contributed by atoms with Gasteiger partial charge in [0.2, 0.25) is 0 Å². The first-order chi connectivity index (χ1) is 19.7. The third kappa shape index (κ3) is 5.83. The monoisotopic (exact) mass is 734 g/mol. The van der Waals surface area contributed by atoms with Crippen molar-refractivity contribution in [1.29, 1.82) is 0 Å². The van der Waals surface area contributed by atoms with Gasteiger partial charge in [-0.25, -0.2) is 4.39 Å². The average molecular weight is 735 g/mol. The van der Waals surface area contributed by atoms with Crippen molar-refractivity contribution in [3.8, 4) is 0 Å². The number of rotatable bonds is 4. The lowest BCUT2D eigenvalue weighted by atomic mass is 9.70. The molecule has 11 heteroatoms. The third-order valence-corrected chi connectivity index (χ3v) is 15.6. The van der Waals surface area contributed by atoms with Crippen LogP contribution >= 0.6 is 22.6 Å². The van der Waals surface area contributed by atoms with E-state index in [1.54, 1.807) is 0 Å². The van der Waals surface area contributed by atoms with Crippen LogP contribution in [0.25, 0.3) is 0 Å². The van der Waals surface area contributed by atoms with Crippen LogP contribution in [0.1, 0.15) is 119 Å². The molecule has 43 heavy (non-hydrogen) atoms. The summed E-state index contributed by atoms with van der Waals surface area (Å²) in [5.41, 5.74) is 2.26. The number of fused-ring (bicyclic) bond motifs is 4. The zero-order valence-corrected chi connectivity index (χ0v) is 29.7. The van der Waals surface area contributed by atoms with Crippen LogP contribution in [0.15, 0.2) is 12.3 Å². The highest BCUT2D eigenvalue weighted by molar-refractivity contribution is 14.1. The molecular weight excluding hydrogens is 691 g/mol. The maximum Gasteiger partial charge on any atom is 0.417 e. The fourth-order valence-corrected chi connectivity index (χ4v) is 8.81. The minimum absolute atomic E-state index is 0.0301. The van der Waals surface area contributed by atoms with Crippen LogP contribution in [0, 0.1) is 11.2 Å². The van der Waals surface area contributed by atoms with Gasteiger partial charge in [-0.1, -0.05) is 71.1 Å². The van der Waals surface area contributed by atoms with Crippen LogP contribution in [0.5, 0.6) is 0 Å². The molecule has 2 aromatic rings. The topological polar surface area (TPSA) is 53.5 Å². The summed E-state index contributed by atoms with van der Waals surface area (Å²) in [6.07, 6.45) is -3.20. The van der Waals surface area contributed by atoms with Crippen molar-refractivity contribution in [3.63, 3.8) is 0 Å². The number of hydrogen-bond donors (Lipinski definition) is 0. The number of ether oxygens (including phenoxy) is 2. The van der Waals surface area contributed by atoms with Gasteiger partial charge in [-0.05, 0) is 48.4 Å². The fourth-order valence-electron chi connectivity index (χ4n) is 6.52. The molecule has 0 bridgehead atoms. The lowest BCUT2D eigenvalue weighted by molar-refractivity contribution is -0.138. The summed E-state index contributed by atoms with van der Waals surface area (Å²) in [5.74, 6) is -1.09. The quantitative estimate of drug-likeness (QED) is 0.136. The molecule has 238 valence electrons. The van der Waals surface area contributed by atoms with Gasteiger partial charge in [-0.2, -0.15) is 13.2 Å². The molecule has 2 aliphatic heterocycles. The highest BCUT2D eigenvalue weighted by atomic mass is 127. The van der Waals surface area contributed by atoms with E-state index in [2.05, 4.69) is 75.3 Å². The molecule has 4 heterocycles. The Balaban J connectivity index is 1.82. The molecule has 1 spiro atoms. The van der Waals surface area contributed by atoms with Gasteiger partial charge in [0.15, 0.2) is 8.32 Å². The van der Waals surface area contributed by atoms with Crippen LogP contribution < -0.4 is 0 Å². The van der Waals surface area contributed by atoms with E-state index >= 15 is 4.39 Å². The zero-order chi connectivity index (χ0) is 31.9. The summed E-state index contributed by atoms with van der Waals surface area (Å²) in [4.78, 5) is 9.35. The van der Waals surface area contributed by atoms with E-state index in [4.69, 9.17) is 18.9 Å². The van der Waals surface area contributed by atoms with E-state index < -0.39 is 37.6 Å². The van der Waals surface area contributed by atoms with E-state index in [-0.39, 0.29) is 32.1 Å². The molecule has 1 aliphatic carbocycles. The van der Waals surface area contributed by atoms with Crippen molar-refractivity contribution in [2.45, 2.75) is 120 Å². The van der Waals surface area contributed by atoms with Crippen molar-refractivity contribution in [1.82, 2.24) is 9.97 Å². The van der Waals surface area contributed by atoms with Gasteiger partial charge in [-0.3, -0.25) is 9.97 Å². The van der Waals surface area contributed by atoms with Crippen LogP contribution in [0.2, 0.25) is 18.1 Å². The normalized spacial score (nSPS) is 27.5.